The topological polar surface area (TPSA) is 58.4 Å². The summed E-state index contributed by atoms with van der Waals surface area (Å²) in [5.74, 6) is 0.290. The Morgan fingerprint density at radius 2 is 1.79 bits per heavy atom. The molecule has 2 amide bonds. The fourth-order valence-corrected chi connectivity index (χ4v) is 3.80. The summed E-state index contributed by atoms with van der Waals surface area (Å²) in [7, 11) is 0. The van der Waals surface area contributed by atoms with Gasteiger partial charge in [0, 0.05) is 31.9 Å². The van der Waals surface area contributed by atoms with Crippen LogP contribution in [0.25, 0.3) is 0 Å². The molecule has 24 heavy (non-hydrogen) atoms. The van der Waals surface area contributed by atoms with Crippen molar-refractivity contribution in [2.45, 2.75) is 52.5 Å². The first-order chi connectivity index (χ1) is 11.5. The zero-order valence-corrected chi connectivity index (χ0v) is 14.8. The van der Waals surface area contributed by atoms with Crippen LogP contribution in [0.5, 0.6) is 0 Å². The minimum absolute atomic E-state index is 0.0208. The molecular weight excluding hydrogens is 304 g/mol. The molecule has 0 N–H and O–H groups in total. The molecule has 0 aromatic carbocycles. The zero-order valence-electron chi connectivity index (χ0n) is 14.8. The van der Waals surface area contributed by atoms with E-state index in [1.165, 1.54) is 12.8 Å². The van der Waals surface area contributed by atoms with Crippen LogP contribution in [0.1, 0.15) is 43.5 Å². The van der Waals surface area contributed by atoms with Crippen molar-refractivity contribution in [3.05, 3.63) is 17.5 Å². The van der Waals surface area contributed by atoms with Crippen LogP contribution >= 0.6 is 0 Å². The van der Waals surface area contributed by atoms with Gasteiger partial charge in [0.2, 0.25) is 11.8 Å². The van der Waals surface area contributed by atoms with Gasteiger partial charge in [-0.25, -0.2) is 0 Å². The Hall–Kier alpha value is -1.85. The average Bonchev–Trinajstić information content (AvgIpc) is 3.04. The van der Waals surface area contributed by atoms with Gasteiger partial charge in [0.25, 0.3) is 0 Å². The van der Waals surface area contributed by atoms with Gasteiger partial charge in [-0.05, 0) is 39.2 Å². The molecule has 1 aromatic rings. The second-order valence-electron chi connectivity index (χ2n) is 7.15. The fraction of sp³-hybridized carbons (Fsp3) is 0.722. The first-order valence-electron chi connectivity index (χ1n) is 9.12. The monoisotopic (exact) mass is 332 g/mol. The molecule has 0 radical (unpaired) electrons. The van der Waals surface area contributed by atoms with E-state index in [9.17, 15) is 9.59 Å². The number of amides is 2. The Morgan fingerprint density at radius 3 is 2.42 bits per heavy atom. The van der Waals surface area contributed by atoms with Gasteiger partial charge >= 0.3 is 0 Å². The maximum Gasteiger partial charge on any atom is 0.244 e. The van der Waals surface area contributed by atoms with Crippen LogP contribution in [0.2, 0.25) is 0 Å². The summed E-state index contributed by atoms with van der Waals surface area (Å²) >= 11 is 0. The lowest BCUT2D eigenvalue weighted by Crippen LogP contribution is -2.39. The van der Waals surface area contributed by atoms with Crippen molar-refractivity contribution in [2.75, 3.05) is 26.2 Å². The van der Waals surface area contributed by atoms with Crippen LogP contribution in [0.15, 0.2) is 6.07 Å². The predicted octanol–water partition coefficient (Wildman–Crippen LogP) is 1.75. The molecule has 1 atom stereocenters. The summed E-state index contributed by atoms with van der Waals surface area (Å²) in [6, 6.07) is 1.98. The third-order valence-electron chi connectivity index (χ3n) is 5.20. The predicted molar refractivity (Wildman–Crippen MR) is 91.4 cm³/mol. The molecule has 2 aliphatic heterocycles. The molecule has 3 heterocycles. The number of aryl methyl sites for hydroxylation is 2. The SMILES string of the molecule is Cc1cc(C)n(CC(=O)N2CC[C@H](C(=O)N3CCCCCC3)C2)n1. The molecule has 6 nitrogen and oxygen atoms in total. The summed E-state index contributed by atoms with van der Waals surface area (Å²) < 4.78 is 1.75. The van der Waals surface area contributed by atoms with E-state index in [1.54, 1.807) is 4.68 Å². The van der Waals surface area contributed by atoms with E-state index >= 15 is 0 Å². The number of aromatic nitrogens is 2. The Labute approximate surface area is 143 Å². The van der Waals surface area contributed by atoms with Crippen molar-refractivity contribution < 1.29 is 9.59 Å². The zero-order chi connectivity index (χ0) is 17.1. The second kappa shape index (κ2) is 7.36. The molecular formula is C18H28N4O2. The van der Waals surface area contributed by atoms with Gasteiger partial charge in [-0.2, -0.15) is 5.10 Å². The van der Waals surface area contributed by atoms with Gasteiger partial charge in [0.15, 0.2) is 0 Å². The molecule has 6 heteroatoms. The van der Waals surface area contributed by atoms with Crippen LogP contribution in [0.4, 0.5) is 0 Å². The molecule has 2 saturated heterocycles. The molecule has 3 rings (SSSR count). The lowest BCUT2D eigenvalue weighted by Gasteiger charge is -2.24. The lowest BCUT2D eigenvalue weighted by atomic mass is 10.1. The second-order valence-corrected chi connectivity index (χ2v) is 7.15. The molecule has 0 saturated carbocycles. The Balaban J connectivity index is 1.55. The van der Waals surface area contributed by atoms with E-state index < -0.39 is 0 Å². The number of carbonyl (C=O) groups excluding carboxylic acids is 2. The van der Waals surface area contributed by atoms with Crippen molar-refractivity contribution in [2.24, 2.45) is 5.92 Å². The third kappa shape index (κ3) is 3.79. The number of carbonyl (C=O) groups is 2. The van der Waals surface area contributed by atoms with E-state index in [0.717, 1.165) is 43.7 Å². The normalized spacial score (nSPS) is 21.8. The maximum absolute atomic E-state index is 12.7. The summed E-state index contributed by atoms with van der Waals surface area (Å²) in [6.07, 6.45) is 5.46. The van der Waals surface area contributed by atoms with Crippen LogP contribution in [0, 0.1) is 19.8 Å². The minimum Gasteiger partial charge on any atom is -0.342 e. The molecule has 1 aromatic heterocycles. The number of likely N-dealkylation sites (tertiary alicyclic amines) is 2. The van der Waals surface area contributed by atoms with Gasteiger partial charge in [-0.15, -0.1) is 0 Å². The third-order valence-corrected chi connectivity index (χ3v) is 5.20. The maximum atomic E-state index is 12.7. The summed E-state index contributed by atoms with van der Waals surface area (Å²) in [4.78, 5) is 29.1. The number of hydrogen-bond donors (Lipinski definition) is 0. The van der Waals surface area contributed by atoms with Crippen molar-refractivity contribution >= 4 is 11.8 Å². The first kappa shape index (κ1) is 17.0. The first-order valence-corrected chi connectivity index (χ1v) is 9.12. The van der Waals surface area contributed by atoms with Crippen LogP contribution in [-0.4, -0.2) is 57.6 Å². The van der Waals surface area contributed by atoms with Crippen molar-refractivity contribution in [1.29, 1.82) is 0 Å². The van der Waals surface area contributed by atoms with Crippen molar-refractivity contribution in [1.82, 2.24) is 19.6 Å². The van der Waals surface area contributed by atoms with E-state index in [1.807, 2.05) is 29.7 Å². The van der Waals surface area contributed by atoms with Crippen LogP contribution in [-0.2, 0) is 16.1 Å². The molecule has 132 valence electrons. The molecule has 2 aliphatic rings. The van der Waals surface area contributed by atoms with E-state index in [-0.39, 0.29) is 24.3 Å². The Kier molecular flexibility index (Phi) is 5.21. The number of nitrogens with zero attached hydrogens (tertiary/aromatic N) is 4. The van der Waals surface area contributed by atoms with Crippen molar-refractivity contribution in [3.8, 4) is 0 Å². The highest BCUT2D eigenvalue weighted by Crippen LogP contribution is 2.21. The summed E-state index contributed by atoms with van der Waals surface area (Å²) in [5, 5.41) is 4.35. The van der Waals surface area contributed by atoms with E-state index in [4.69, 9.17) is 0 Å². The highest BCUT2D eigenvalue weighted by atomic mass is 16.2. The number of hydrogen-bond acceptors (Lipinski definition) is 3. The van der Waals surface area contributed by atoms with Crippen LogP contribution < -0.4 is 0 Å². The summed E-state index contributed by atoms with van der Waals surface area (Å²) in [6.45, 7) is 7.17. The molecule has 0 unspecified atom stereocenters. The van der Waals surface area contributed by atoms with Gasteiger partial charge in [0.1, 0.15) is 6.54 Å². The van der Waals surface area contributed by atoms with Crippen molar-refractivity contribution in [3.63, 3.8) is 0 Å². The molecule has 0 spiro atoms. The smallest absolute Gasteiger partial charge is 0.244 e. The van der Waals surface area contributed by atoms with Gasteiger partial charge < -0.3 is 9.80 Å². The van der Waals surface area contributed by atoms with E-state index in [0.29, 0.717) is 13.1 Å². The standard InChI is InChI=1S/C18H28N4O2/c1-14-11-15(2)22(19-14)13-17(23)21-10-7-16(12-21)18(24)20-8-5-3-4-6-9-20/h11,16H,3-10,12-13H2,1-2H3/t16-/m0/s1. The molecule has 0 bridgehead atoms. The average molecular weight is 332 g/mol. The molecule has 2 fully saturated rings. The minimum atomic E-state index is -0.0208. The van der Waals surface area contributed by atoms with Gasteiger partial charge in [-0.1, -0.05) is 12.8 Å². The largest absolute Gasteiger partial charge is 0.342 e. The molecule has 0 aliphatic carbocycles. The summed E-state index contributed by atoms with van der Waals surface area (Å²) in [5.41, 5.74) is 1.92. The quantitative estimate of drug-likeness (QED) is 0.847. The highest BCUT2D eigenvalue weighted by molar-refractivity contribution is 5.82. The highest BCUT2D eigenvalue weighted by Gasteiger charge is 2.33. The number of rotatable bonds is 3. The van der Waals surface area contributed by atoms with Gasteiger partial charge in [-0.3, -0.25) is 14.3 Å². The Morgan fingerprint density at radius 1 is 1.08 bits per heavy atom. The lowest BCUT2D eigenvalue weighted by molar-refractivity contribution is -0.135. The Bertz CT molecular complexity index is 602. The van der Waals surface area contributed by atoms with Gasteiger partial charge in [0.05, 0.1) is 11.6 Å². The van der Waals surface area contributed by atoms with Crippen LogP contribution in [0.3, 0.4) is 0 Å². The fourth-order valence-electron chi connectivity index (χ4n) is 3.80. The van der Waals surface area contributed by atoms with E-state index in [2.05, 4.69) is 5.10 Å².